The molecule has 2 aliphatic carbocycles. The first kappa shape index (κ1) is 22.4. The smallest absolute Gasteiger partial charge is 0.269 e. The van der Waals surface area contributed by atoms with E-state index < -0.39 is 10.8 Å². The zero-order chi connectivity index (χ0) is 23.4. The fourth-order valence-electron chi connectivity index (χ4n) is 5.69. The van der Waals surface area contributed by atoms with E-state index in [1.54, 1.807) is 6.07 Å². The van der Waals surface area contributed by atoms with Gasteiger partial charge in [-0.3, -0.25) is 19.7 Å². The van der Waals surface area contributed by atoms with Gasteiger partial charge in [-0.25, -0.2) is 0 Å². The molecule has 0 unspecified atom stereocenters. The van der Waals surface area contributed by atoms with Crippen LogP contribution in [0.1, 0.15) is 78.2 Å². The van der Waals surface area contributed by atoms with Crippen molar-refractivity contribution in [2.45, 2.75) is 72.6 Å². The van der Waals surface area contributed by atoms with Gasteiger partial charge in [0.1, 0.15) is 0 Å². The van der Waals surface area contributed by atoms with E-state index in [0.717, 1.165) is 37.2 Å². The fraction of sp³-hybridized carbons (Fsp3) is 0.538. The number of nitro groups is 1. The molecule has 0 aromatic heterocycles. The van der Waals surface area contributed by atoms with E-state index in [1.807, 2.05) is 6.07 Å². The van der Waals surface area contributed by atoms with Crippen molar-refractivity contribution in [2.24, 2.45) is 10.8 Å². The Bertz CT molecular complexity index is 1020. The van der Waals surface area contributed by atoms with E-state index in [0.29, 0.717) is 29.6 Å². The highest BCUT2D eigenvalue weighted by Crippen LogP contribution is 2.54. The van der Waals surface area contributed by atoms with Crippen LogP contribution in [0, 0.1) is 20.9 Å². The van der Waals surface area contributed by atoms with Gasteiger partial charge in [0.15, 0.2) is 11.6 Å². The van der Waals surface area contributed by atoms with Crippen LogP contribution in [0.4, 0.5) is 5.69 Å². The van der Waals surface area contributed by atoms with Crippen molar-refractivity contribution in [3.8, 4) is 0 Å². The van der Waals surface area contributed by atoms with Crippen molar-refractivity contribution in [3.63, 3.8) is 0 Å². The summed E-state index contributed by atoms with van der Waals surface area (Å²) in [4.78, 5) is 40.4. The number of Topliss-reactive ketones (excluding diaryl/α,β-unsaturated/α-hetero) is 2. The first-order valence-corrected chi connectivity index (χ1v) is 11.5. The normalized spacial score (nSPS) is 22.7. The van der Waals surface area contributed by atoms with Gasteiger partial charge >= 0.3 is 0 Å². The SMILES string of the molecule is CCCN1C2=C(C(=O)CC(C)(C)C2)C(c2cccc([N+](=O)[O-])c2)C2=C1CC(C)(C)CC2=O. The molecule has 0 radical (unpaired) electrons. The van der Waals surface area contributed by atoms with E-state index >= 15 is 0 Å². The fourth-order valence-corrected chi connectivity index (χ4v) is 5.69. The minimum Gasteiger partial charge on any atom is -0.348 e. The van der Waals surface area contributed by atoms with E-state index in [-0.39, 0.29) is 28.1 Å². The molecule has 1 aliphatic heterocycles. The summed E-state index contributed by atoms with van der Waals surface area (Å²) in [5.74, 6) is -0.420. The summed E-state index contributed by atoms with van der Waals surface area (Å²) in [7, 11) is 0. The van der Waals surface area contributed by atoms with Gasteiger partial charge in [0, 0.05) is 60.0 Å². The number of nitro benzene ring substituents is 1. The molecule has 1 heterocycles. The molecule has 170 valence electrons. The summed E-state index contributed by atoms with van der Waals surface area (Å²) < 4.78 is 0. The monoisotopic (exact) mass is 436 g/mol. The Morgan fingerprint density at radius 3 is 1.97 bits per heavy atom. The topological polar surface area (TPSA) is 80.5 Å². The molecule has 1 aromatic carbocycles. The van der Waals surface area contributed by atoms with Gasteiger partial charge in [0.25, 0.3) is 5.69 Å². The van der Waals surface area contributed by atoms with Gasteiger partial charge < -0.3 is 4.90 Å². The van der Waals surface area contributed by atoms with Crippen molar-refractivity contribution in [2.75, 3.05) is 6.54 Å². The summed E-state index contributed by atoms with van der Waals surface area (Å²) in [6.07, 6.45) is 3.24. The minimum absolute atomic E-state index is 0.0186. The number of allylic oxidation sites excluding steroid dienone is 4. The zero-order valence-electron chi connectivity index (χ0n) is 19.7. The van der Waals surface area contributed by atoms with Gasteiger partial charge in [-0.2, -0.15) is 0 Å². The largest absolute Gasteiger partial charge is 0.348 e. The molecular formula is C26H32N2O4. The molecule has 32 heavy (non-hydrogen) atoms. The third-order valence-corrected chi connectivity index (χ3v) is 6.88. The molecule has 0 N–H and O–H groups in total. The van der Waals surface area contributed by atoms with Gasteiger partial charge in [-0.05, 0) is 35.7 Å². The Hall–Kier alpha value is -2.76. The predicted octanol–water partition coefficient (Wildman–Crippen LogP) is 5.69. The summed E-state index contributed by atoms with van der Waals surface area (Å²) in [5.41, 5.74) is 3.67. The van der Waals surface area contributed by atoms with Crippen molar-refractivity contribution < 1.29 is 14.5 Å². The molecule has 0 fully saturated rings. The second-order valence-electron chi connectivity index (χ2n) is 11.0. The van der Waals surface area contributed by atoms with Crippen LogP contribution < -0.4 is 0 Å². The van der Waals surface area contributed by atoms with Crippen LogP contribution in [-0.2, 0) is 9.59 Å². The van der Waals surface area contributed by atoms with Crippen molar-refractivity contribution in [3.05, 3.63) is 62.5 Å². The predicted molar refractivity (Wildman–Crippen MR) is 123 cm³/mol. The van der Waals surface area contributed by atoms with Gasteiger partial charge in [0.05, 0.1) is 4.92 Å². The zero-order valence-corrected chi connectivity index (χ0v) is 19.7. The van der Waals surface area contributed by atoms with Gasteiger partial charge in [0.2, 0.25) is 0 Å². The van der Waals surface area contributed by atoms with Crippen LogP contribution in [-0.4, -0.2) is 27.9 Å². The third kappa shape index (κ3) is 3.80. The number of ketones is 2. The van der Waals surface area contributed by atoms with E-state index in [1.165, 1.54) is 12.1 Å². The van der Waals surface area contributed by atoms with Gasteiger partial charge in [-0.1, -0.05) is 46.8 Å². The van der Waals surface area contributed by atoms with E-state index in [4.69, 9.17) is 0 Å². The highest BCUT2D eigenvalue weighted by Gasteiger charge is 2.48. The summed E-state index contributed by atoms with van der Waals surface area (Å²) in [6, 6.07) is 6.47. The Morgan fingerprint density at radius 1 is 0.969 bits per heavy atom. The quantitative estimate of drug-likeness (QED) is 0.447. The summed E-state index contributed by atoms with van der Waals surface area (Å²) in [5, 5.41) is 11.5. The number of non-ortho nitro benzene ring substituents is 1. The number of carbonyl (C=O) groups excluding carboxylic acids is 2. The first-order valence-electron chi connectivity index (χ1n) is 11.5. The van der Waals surface area contributed by atoms with Gasteiger partial charge in [-0.15, -0.1) is 0 Å². The second kappa shape index (κ2) is 7.68. The molecule has 0 atom stereocenters. The van der Waals surface area contributed by atoms with Crippen LogP contribution in [0.25, 0.3) is 0 Å². The molecule has 1 aromatic rings. The maximum Gasteiger partial charge on any atom is 0.269 e. The van der Waals surface area contributed by atoms with Crippen LogP contribution in [0.3, 0.4) is 0 Å². The van der Waals surface area contributed by atoms with Crippen LogP contribution >= 0.6 is 0 Å². The first-order chi connectivity index (χ1) is 14.9. The lowest BCUT2D eigenvalue weighted by Crippen LogP contribution is -2.44. The third-order valence-electron chi connectivity index (χ3n) is 6.88. The number of rotatable bonds is 4. The molecule has 0 spiro atoms. The summed E-state index contributed by atoms with van der Waals surface area (Å²) >= 11 is 0. The van der Waals surface area contributed by atoms with Crippen LogP contribution in [0.5, 0.6) is 0 Å². The number of hydrogen-bond acceptors (Lipinski definition) is 5. The second-order valence-corrected chi connectivity index (χ2v) is 11.0. The average Bonchev–Trinajstić information content (AvgIpc) is 2.67. The molecule has 0 amide bonds. The molecule has 4 rings (SSSR count). The Labute approximate surface area is 189 Å². The molecule has 6 nitrogen and oxygen atoms in total. The highest BCUT2D eigenvalue weighted by molar-refractivity contribution is 6.06. The lowest BCUT2D eigenvalue weighted by atomic mass is 9.63. The molecule has 6 heteroatoms. The number of benzene rings is 1. The lowest BCUT2D eigenvalue weighted by molar-refractivity contribution is -0.384. The van der Waals surface area contributed by atoms with Crippen molar-refractivity contribution in [1.82, 2.24) is 4.90 Å². The van der Waals surface area contributed by atoms with Crippen molar-refractivity contribution in [1.29, 1.82) is 0 Å². The minimum atomic E-state index is -0.528. The highest BCUT2D eigenvalue weighted by atomic mass is 16.6. The molecule has 3 aliphatic rings. The molecule has 0 saturated carbocycles. The standard InChI is InChI=1S/C26H32N2O4/c1-6-10-27-18-12-25(2,3)14-20(29)23(18)22(16-8-7-9-17(11-16)28(31)32)24-19(27)13-26(4,5)15-21(24)30/h7-9,11,22H,6,10,12-15H2,1-5H3. The molecule has 0 bridgehead atoms. The molecular weight excluding hydrogens is 404 g/mol. The van der Waals surface area contributed by atoms with Crippen LogP contribution in [0.15, 0.2) is 46.8 Å². The Morgan fingerprint density at radius 2 is 1.50 bits per heavy atom. The van der Waals surface area contributed by atoms with Crippen molar-refractivity contribution >= 4 is 17.3 Å². The Kier molecular flexibility index (Phi) is 5.38. The maximum absolute atomic E-state index is 13.6. The van der Waals surface area contributed by atoms with E-state index in [2.05, 4.69) is 39.5 Å². The number of hydrogen-bond donors (Lipinski definition) is 0. The number of carbonyl (C=O) groups is 2. The maximum atomic E-state index is 13.6. The van der Waals surface area contributed by atoms with E-state index in [9.17, 15) is 19.7 Å². The average molecular weight is 437 g/mol. The number of nitrogens with zero attached hydrogens (tertiary/aromatic N) is 2. The lowest BCUT2D eigenvalue weighted by Gasteiger charge is -2.49. The van der Waals surface area contributed by atoms with Crippen LogP contribution in [0.2, 0.25) is 0 Å². The molecule has 0 saturated heterocycles. The summed E-state index contributed by atoms with van der Waals surface area (Å²) in [6.45, 7) is 11.3. The Balaban J connectivity index is 2.00.